The van der Waals surface area contributed by atoms with E-state index >= 15 is 0 Å². The lowest BCUT2D eigenvalue weighted by Crippen LogP contribution is -2.29. The van der Waals surface area contributed by atoms with E-state index in [-0.39, 0.29) is 0 Å². The minimum absolute atomic E-state index is 0.294. The molecule has 64 valence electrons. The maximum absolute atomic E-state index is 5.35. The lowest BCUT2D eigenvalue weighted by molar-refractivity contribution is 0.152. The van der Waals surface area contributed by atoms with Crippen molar-refractivity contribution >= 4 is 6.72 Å². The van der Waals surface area contributed by atoms with E-state index in [4.69, 9.17) is 4.74 Å². The summed E-state index contributed by atoms with van der Waals surface area (Å²) < 4.78 is 5.35. The number of aliphatic imine (C=N–C) groups is 1. The minimum atomic E-state index is 0.294. The van der Waals surface area contributed by atoms with Crippen molar-refractivity contribution in [2.24, 2.45) is 16.3 Å². The number of rotatable bonds is 1. The van der Waals surface area contributed by atoms with Gasteiger partial charge in [0.2, 0.25) is 0 Å². The predicted molar refractivity (Wildman–Crippen MR) is 47.1 cm³/mol. The molecule has 1 saturated heterocycles. The third-order valence-corrected chi connectivity index (χ3v) is 2.40. The molecule has 2 atom stereocenters. The van der Waals surface area contributed by atoms with Gasteiger partial charge in [-0.05, 0) is 12.1 Å². The van der Waals surface area contributed by atoms with Crippen LogP contribution in [-0.2, 0) is 4.74 Å². The largest absolute Gasteiger partial charge is 0.379 e. The highest BCUT2D eigenvalue weighted by molar-refractivity contribution is 5.24. The molecule has 0 aliphatic carbocycles. The van der Waals surface area contributed by atoms with Gasteiger partial charge in [-0.2, -0.15) is 0 Å². The summed E-state index contributed by atoms with van der Waals surface area (Å²) in [7, 11) is 0. The van der Waals surface area contributed by atoms with E-state index < -0.39 is 0 Å². The van der Waals surface area contributed by atoms with Crippen molar-refractivity contribution in [3.05, 3.63) is 0 Å². The molecule has 0 bridgehead atoms. The van der Waals surface area contributed by atoms with Crippen LogP contribution in [0.2, 0.25) is 0 Å². The fourth-order valence-electron chi connectivity index (χ4n) is 1.55. The standard InChI is InChI=1S/C9H17NO/c1-9(2,3)7-5-11-6-8(7)10-4/h7-8H,4-6H2,1-3H3. The van der Waals surface area contributed by atoms with Gasteiger partial charge >= 0.3 is 0 Å². The van der Waals surface area contributed by atoms with Crippen LogP contribution in [0.5, 0.6) is 0 Å². The zero-order valence-corrected chi connectivity index (χ0v) is 7.63. The monoisotopic (exact) mass is 155 g/mol. The molecule has 2 nitrogen and oxygen atoms in total. The summed E-state index contributed by atoms with van der Waals surface area (Å²) in [4.78, 5) is 4.06. The Balaban J connectivity index is 2.63. The molecule has 0 spiro atoms. The molecular weight excluding hydrogens is 138 g/mol. The summed E-state index contributed by atoms with van der Waals surface area (Å²) in [6.45, 7) is 11.9. The quantitative estimate of drug-likeness (QED) is 0.529. The molecule has 0 saturated carbocycles. The minimum Gasteiger partial charge on any atom is -0.379 e. The Morgan fingerprint density at radius 1 is 1.36 bits per heavy atom. The Morgan fingerprint density at radius 2 is 2.00 bits per heavy atom. The molecule has 1 rings (SSSR count). The van der Waals surface area contributed by atoms with Crippen LogP contribution in [0.25, 0.3) is 0 Å². The Kier molecular flexibility index (Phi) is 2.33. The van der Waals surface area contributed by atoms with E-state index in [1.54, 1.807) is 0 Å². The molecule has 11 heavy (non-hydrogen) atoms. The highest BCUT2D eigenvalue weighted by atomic mass is 16.5. The number of hydrogen-bond acceptors (Lipinski definition) is 2. The van der Waals surface area contributed by atoms with Gasteiger partial charge in [-0.25, -0.2) is 0 Å². The van der Waals surface area contributed by atoms with E-state index in [0.717, 1.165) is 13.2 Å². The second-order valence-electron chi connectivity index (χ2n) is 4.26. The SMILES string of the molecule is C=NC1COCC1C(C)(C)C. The van der Waals surface area contributed by atoms with Crippen LogP contribution in [0, 0.1) is 11.3 Å². The summed E-state index contributed by atoms with van der Waals surface area (Å²) >= 11 is 0. The fourth-order valence-corrected chi connectivity index (χ4v) is 1.55. The van der Waals surface area contributed by atoms with Crippen molar-refractivity contribution in [3.63, 3.8) is 0 Å². The van der Waals surface area contributed by atoms with Crippen LogP contribution in [-0.4, -0.2) is 26.0 Å². The molecule has 0 amide bonds. The van der Waals surface area contributed by atoms with Crippen LogP contribution >= 0.6 is 0 Å². The first-order valence-electron chi connectivity index (χ1n) is 4.09. The third-order valence-electron chi connectivity index (χ3n) is 2.40. The summed E-state index contributed by atoms with van der Waals surface area (Å²) in [5.74, 6) is 0.542. The predicted octanol–water partition coefficient (Wildman–Crippen LogP) is 1.75. The zero-order chi connectivity index (χ0) is 8.48. The van der Waals surface area contributed by atoms with E-state index in [1.165, 1.54) is 0 Å². The molecule has 0 N–H and O–H groups in total. The number of ether oxygens (including phenoxy) is 1. The maximum Gasteiger partial charge on any atom is 0.0780 e. The topological polar surface area (TPSA) is 21.6 Å². The molecule has 1 aliphatic rings. The average molecular weight is 155 g/mol. The van der Waals surface area contributed by atoms with E-state index in [1.807, 2.05) is 0 Å². The Labute approximate surface area is 68.7 Å². The summed E-state index contributed by atoms with van der Waals surface area (Å²) in [5, 5.41) is 0. The van der Waals surface area contributed by atoms with Gasteiger partial charge in [-0.3, -0.25) is 4.99 Å². The number of nitrogens with zero attached hydrogens (tertiary/aromatic N) is 1. The van der Waals surface area contributed by atoms with E-state index in [9.17, 15) is 0 Å². The lowest BCUT2D eigenvalue weighted by Gasteiger charge is -2.28. The van der Waals surface area contributed by atoms with Crippen LogP contribution in [0.4, 0.5) is 0 Å². The molecule has 1 heterocycles. The molecule has 0 aromatic carbocycles. The maximum atomic E-state index is 5.35. The molecule has 0 aromatic rings. The summed E-state index contributed by atoms with van der Waals surface area (Å²) in [5.41, 5.74) is 0.294. The van der Waals surface area contributed by atoms with Gasteiger partial charge in [-0.1, -0.05) is 20.8 Å². The molecule has 0 aromatic heterocycles. The second kappa shape index (κ2) is 2.94. The fraction of sp³-hybridized carbons (Fsp3) is 0.889. The van der Waals surface area contributed by atoms with Gasteiger partial charge in [0.25, 0.3) is 0 Å². The smallest absolute Gasteiger partial charge is 0.0780 e. The van der Waals surface area contributed by atoms with Gasteiger partial charge in [-0.15, -0.1) is 0 Å². The van der Waals surface area contributed by atoms with Gasteiger partial charge in [0, 0.05) is 5.92 Å². The normalized spacial score (nSPS) is 32.3. The third kappa shape index (κ3) is 1.80. The Morgan fingerprint density at radius 3 is 2.36 bits per heavy atom. The van der Waals surface area contributed by atoms with Gasteiger partial charge in [0.15, 0.2) is 0 Å². The molecule has 2 heteroatoms. The first kappa shape index (κ1) is 8.72. The van der Waals surface area contributed by atoms with Crippen molar-refractivity contribution < 1.29 is 4.74 Å². The van der Waals surface area contributed by atoms with Crippen LogP contribution in [0.3, 0.4) is 0 Å². The lowest BCUT2D eigenvalue weighted by atomic mass is 9.78. The van der Waals surface area contributed by atoms with E-state index in [2.05, 4.69) is 32.5 Å². The molecule has 1 fully saturated rings. The van der Waals surface area contributed by atoms with Crippen LogP contribution in [0.15, 0.2) is 4.99 Å². The van der Waals surface area contributed by atoms with Crippen molar-refractivity contribution in [3.8, 4) is 0 Å². The molecular formula is C9H17NO. The first-order valence-corrected chi connectivity index (χ1v) is 4.09. The molecule has 0 radical (unpaired) electrons. The first-order chi connectivity index (χ1) is 5.05. The van der Waals surface area contributed by atoms with Crippen molar-refractivity contribution in [1.82, 2.24) is 0 Å². The van der Waals surface area contributed by atoms with Crippen molar-refractivity contribution in [2.75, 3.05) is 13.2 Å². The summed E-state index contributed by atoms with van der Waals surface area (Å²) in [6, 6.07) is 0.315. The highest BCUT2D eigenvalue weighted by Gasteiger charge is 2.36. The van der Waals surface area contributed by atoms with Crippen LogP contribution in [0.1, 0.15) is 20.8 Å². The summed E-state index contributed by atoms with van der Waals surface area (Å²) in [6.07, 6.45) is 0. The van der Waals surface area contributed by atoms with Crippen molar-refractivity contribution in [1.29, 1.82) is 0 Å². The van der Waals surface area contributed by atoms with Gasteiger partial charge < -0.3 is 4.74 Å². The van der Waals surface area contributed by atoms with Crippen LogP contribution < -0.4 is 0 Å². The van der Waals surface area contributed by atoms with Gasteiger partial charge in [0.05, 0.1) is 19.3 Å². The zero-order valence-electron chi connectivity index (χ0n) is 7.63. The second-order valence-corrected chi connectivity index (χ2v) is 4.26. The average Bonchev–Trinajstić information content (AvgIpc) is 2.31. The Hall–Kier alpha value is -0.370. The highest BCUT2D eigenvalue weighted by Crippen LogP contribution is 2.33. The number of hydrogen-bond donors (Lipinski definition) is 0. The van der Waals surface area contributed by atoms with Crippen molar-refractivity contribution in [2.45, 2.75) is 26.8 Å². The van der Waals surface area contributed by atoms with Gasteiger partial charge in [0.1, 0.15) is 0 Å². The molecule has 1 aliphatic heterocycles. The Bertz CT molecular complexity index is 148. The molecule has 2 unspecified atom stereocenters. The van der Waals surface area contributed by atoms with E-state index in [0.29, 0.717) is 17.4 Å².